The third-order valence-electron chi connectivity index (χ3n) is 4.35. The van der Waals surface area contributed by atoms with Gasteiger partial charge in [-0.1, -0.05) is 24.3 Å². The van der Waals surface area contributed by atoms with Crippen LogP contribution in [0.2, 0.25) is 0 Å². The minimum atomic E-state index is -4.39. The van der Waals surface area contributed by atoms with Crippen molar-refractivity contribution in [2.45, 2.75) is 25.1 Å². The molecule has 0 bridgehead atoms. The maximum atomic E-state index is 12.6. The van der Waals surface area contributed by atoms with E-state index >= 15 is 0 Å². The van der Waals surface area contributed by atoms with Gasteiger partial charge in [0.2, 0.25) is 0 Å². The van der Waals surface area contributed by atoms with Gasteiger partial charge in [-0.2, -0.15) is 13.2 Å². The molecule has 0 N–H and O–H groups in total. The molecule has 0 heterocycles. The molecule has 23 heavy (non-hydrogen) atoms. The number of carbonyl (C=O) groups is 1. The van der Waals surface area contributed by atoms with Crippen molar-refractivity contribution in [1.29, 1.82) is 0 Å². The fraction of sp³-hybridized carbons (Fsp3) is 0.278. The van der Waals surface area contributed by atoms with Gasteiger partial charge in [-0.05, 0) is 48.2 Å². The van der Waals surface area contributed by atoms with Crippen LogP contribution in [0.5, 0.6) is 0 Å². The number of nitrogens with zero attached hydrogens (tertiary/aromatic N) is 1. The Morgan fingerprint density at radius 3 is 2.39 bits per heavy atom. The molecule has 0 fully saturated rings. The monoisotopic (exact) mass is 319 g/mol. The van der Waals surface area contributed by atoms with Gasteiger partial charge in [0.25, 0.3) is 5.91 Å². The van der Waals surface area contributed by atoms with Crippen LogP contribution in [-0.4, -0.2) is 17.9 Å². The summed E-state index contributed by atoms with van der Waals surface area (Å²) in [6, 6.07) is 12.3. The van der Waals surface area contributed by atoms with E-state index in [2.05, 4.69) is 0 Å². The Morgan fingerprint density at radius 1 is 1.09 bits per heavy atom. The average molecular weight is 319 g/mol. The van der Waals surface area contributed by atoms with E-state index in [1.807, 2.05) is 24.3 Å². The fourth-order valence-electron chi connectivity index (χ4n) is 3.08. The first-order valence-corrected chi connectivity index (χ1v) is 7.40. The Bertz CT molecular complexity index is 722. The van der Waals surface area contributed by atoms with E-state index in [9.17, 15) is 18.0 Å². The summed E-state index contributed by atoms with van der Waals surface area (Å²) in [5.41, 5.74) is 1.87. The first-order chi connectivity index (χ1) is 10.9. The topological polar surface area (TPSA) is 20.3 Å². The van der Waals surface area contributed by atoms with Crippen LogP contribution in [0, 0.1) is 0 Å². The lowest BCUT2D eigenvalue weighted by molar-refractivity contribution is -0.137. The zero-order chi connectivity index (χ0) is 16.6. The number of hydrogen-bond donors (Lipinski definition) is 0. The molecular weight excluding hydrogens is 303 g/mol. The smallest absolute Gasteiger partial charge is 0.335 e. The van der Waals surface area contributed by atoms with Crippen LogP contribution in [-0.2, 0) is 12.6 Å². The lowest BCUT2D eigenvalue weighted by atomic mass is 10.1. The Labute approximate surface area is 132 Å². The van der Waals surface area contributed by atoms with Crippen LogP contribution >= 0.6 is 0 Å². The predicted molar refractivity (Wildman–Crippen MR) is 81.0 cm³/mol. The summed E-state index contributed by atoms with van der Waals surface area (Å²) in [6.45, 7) is 0. The number of carbonyl (C=O) groups excluding carboxylic acids is 1. The molecule has 1 aliphatic rings. The fourth-order valence-corrected chi connectivity index (χ4v) is 3.08. The molecule has 0 aliphatic heterocycles. The normalized spacial score (nSPS) is 17.0. The van der Waals surface area contributed by atoms with Gasteiger partial charge in [0, 0.05) is 12.6 Å². The second-order valence-corrected chi connectivity index (χ2v) is 5.74. The number of alkyl halides is 3. The number of amides is 1. The average Bonchev–Trinajstić information content (AvgIpc) is 2.97. The maximum Gasteiger partial charge on any atom is 0.416 e. The molecular formula is C18H16F3NO. The SMILES string of the molecule is CN(C(=O)c1ccc(C(F)(F)F)cc1)[C@@H]1CCc2ccccc21. The number of rotatable bonds is 2. The minimum Gasteiger partial charge on any atom is -0.335 e. The molecule has 0 saturated carbocycles. The summed E-state index contributed by atoms with van der Waals surface area (Å²) < 4.78 is 37.8. The lowest BCUT2D eigenvalue weighted by Crippen LogP contribution is -2.30. The van der Waals surface area contributed by atoms with Crippen molar-refractivity contribution >= 4 is 5.91 Å². The van der Waals surface area contributed by atoms with Crippen molar-refractivity contribution in [3.05, 3.63) is 70.8 Å². The molecule has 2 aromatic carbocycles. The van der Waals surface area contributed by atoms with Gasteiger partial charge in [0.15, 0.2) is 0 Å². The minimum absolute atomic E-state index is 0.0269. The number of halogens is 3. The number of fused-ring (bicyclic) bond motifs is 1. The largest absolute Gasteiger partial charge is 0.416 e. The van der Waals surface area contributed by atoms with Gasteiger partial charge in [0.1, 0.15) is 0 Å². The van der Waals surface area contributed by atoms with E-state index in [-0.39, 0.29) is 17.5 Å². The second-order valence-electron chi connectivity index (χ2n) is 5.74. The molecule has 1 amide bonds. The van der Waals surface area contributed by atoms with Crippen LogP contribution < -0.4 is 0 Å². The highest BCUT2D eigenvalue weighted by molar-refractivity contribution is 5.94. The highest BCUT2D eigenvalue weighted by Crippen LogP contribution is 2.35. The lowest BCUT2D eigenvalue weighted by Gasteiger charge is -2.25. The van der Waals surface area contributed by atoms with Crippen LogP contribution in [0.15, 0.2) is 48.5 Å². The van der Waals surface area contributed by atoms with E-state index in [1.165, 1.54) is 17.7 Å². The van der Waals surface area contributed by atoms with Crippen molar-refractivity contribution in [1.82, 2.24) is 4.90 Å². The van der Waals surface area contributed by atoms with Crippen LogP contribution in [0.4, 0.5) is 13.2 Å². The molecule has 3 rings (SSSR count). The van der Waals surface area contributed by atoms with E-state index in [4.69, 9.17) is 0 Å². The van der Waals surface area contributed by atoms with E-state index in [1.54, 1.807) is 11.9 Å². The Balaban J connectivity index is 1.81. The molecule has 2 nitrogen and oxygen atoms in total. The highest BCUT2D eigenvalue weighted by atomic mass is 19.4. The molecule has 1 aliphatic carbocycles. The van der Waals surface area contributed by atoms with Crippen LogP contribution in [0.3, 0.4) is 0 Å². The number of aryl methyl sites for hydroxylation is 1. The first-order valence-electron chi connectivity index (χ1n) is 7.40. The predicted octanol–water partition coefficient (Wildman–Crippen LogP) is 4.46. The van der Waals surface area contributed by atoms with Gasteiger partial charge in [-0.25, -0.2) is 0 Å². The molecule has 0 saturated heterocycles. The molecule has 2 aromatic rings. The third kappa shape index (κ3) is 2.96. The summed E-state index contributed by atoms with van der Waals surface area (Å²) in [5, 5.41) is 0. The molecule has 0 radical (unpaired) electrons. The summed E-state index contributed by atoms with van der Waals surface area (Å²) in [4.78, 5) is 14.2. The summed E-state index contributed by atoms with van der Waals surface area (Å²) in [5.74, 6) is -0.263. The van der Waals surface area contributed by atoms with Crippen molar-refractivity contribution in [3.8, 4) is 0 Å². The quantitative estimate of drug-likeness (QED) is 0.800. The van der Waals surface area contributed by atoms with Crippen molar-refractivity contribution in [3.63, 3.8) is 0 Å². The van der Waals surface area contributed by atoms with Crippen molar-refractivity contribution < 1.29 is 18.0 Å². The maximum absolute atomic E-state index is 12.6. The van der Waals surface area contributed by atoms with E-state index < -0.39 is 11.7 Å². The molecule has 1 atom stereocenters. The third-order valence-corrected chi connectivity index (χ3v) is 4.35. The van der Waals surface area contributed by atoms with Gasteiger partial charge in [0.05, 0.1) is 11.6 Å². The number of hydrogen-bond acceptors (Lipinski definition) is 1. The standard InChI is InChI=1S/C18H16F3NO/c1-22(16-11-8-12-4-2-3-5-15(12)16)17(23)13-6-9-14(10-7-13)18(19,20)21/h2-7,9-10,16H,8,11H2,1H3/t16-/m1/s1. The Hall–Kier alpha value is -2.30. The number of benzene rings is 2. The van der Waals surface area contributed by atoms with Crippen molar-refractivity contribution in [2.75, 3.05) is 7.05 Å². The van der Waals surface area contributed by atoms with Crippen LogP contribution in [0.1, 0.15) is 39.5 Å². The van der Waals surface area contributed by atoms with E-state index in [0.29, 0.717) is 0 Å². The molecule has 0 spiro atoms. The molecule has 120 valence electrons. The molecule has 0 aromatic heterocycles. The van der Waals surface area contributed by atoms with Crippen molar-refractivity contribution in [2.24, 2.45) is 0 Å². The first kappa shape index (κ1) is 15.6. The van der Waals surface area contributed by atoms with E-state index in [0.717, 1.165) is 30.5 Å². The van der Waals surface area contributed by atoms with Gasteiger partial charge in [-0.3, -0.25) is 4.79 Å². The molecule has 0 unspecified atom stereocenters. The molecule has 5 heteroatoms. The second kappa shape index (κ2) is 5.72. The summed E-state index contributed by atoms with van der Waals surface area (Å²) >= 11 is 0. The Kier molecular flexibility index (Phi) is 3.88. The highest BCUT2D eigenvalue weighted by Gasteiger charge is 2.31. The van der Waals surface area contributed by atoms with Crippen LogP contribution in [0.25, 0.3) is 0 Å². The zero-order valence-corrected chi connectivity index (χ0v) is 12.6. The summed E-state index contributed by atoms with van der Waals surface area (Å²) in [6.07, 6.45) is -2.65. The zero-order valence-electron chi connectivity index (χ0n) is 12.6. The van der Waals surface area contributed by atoms with Gasteiger partial charge >= 0.3 is 6.18 Å². The summed E-state index contributed by atoms with van der Waals surface area (Å²) in [7, 11) is 1.70. The Morgan fingerprint density at radius 2 is 1.74 bits per heavy atom. The van der Waals surface area contributed by atoms with Gasteiger partial charge < -0.3 is 4.90 Å². The van der Waals surface area contributed by atoms with Gasteiger partial charge in [-0.15, -0.1) is 0 Å².